The molecule has 0 aromatic heterocycles. The van der Waals surface area contributed by atoms with Gasteiger partial charge in [-0.2, -0.15) is 0 Å². The first-order valence-corrected chi connectivity index (χ1v) is 11.4. The Bertz CT molecular complexity index is 816. The molecule has 29 heavy (non-hydrogen) atoms. The van der Waals surface area contributed by atoms with E-state index in [1.807, 2.05) is 18.2 Å². The Morgan fingerprint density at radius 1 is 0.966 bits per heavy atom. The van der Waals surface area contributed by atoms with Crippen LogP contribution in [-0.2, 0) is 11.3 Å². The molecular weight excluding hydrogens is 403 g/mol. The smallest absolute Gasteiger partial charge is 0.226 e. The van der Waals surface area contributed by atoms with Gasteiger partial charge in [0.2, 0.25) is 5.91 Å². The molecule has 1 N–H and O–H groups in total. The summed E-state index contributed by atoms with van der Waals surface area (Å²) in [6.07, 6.45) is 6.64. The number of nitrogens with one attached hydrogen (secondary N) is 1. The van der Waals surface area contributed by atoms with Gasteiger partial charge < -0.3 is 10.2 Å². The van der Waals surface area contributed by atoms with Crippen molar-refractivity contribution in [2.75, 3.05) is 6.54 Å². The second kappa shape index (κ2) is 9.51. The molecule has 0 bridgehead atoms. The Balaban J connectivity index is 1.52. The number of hydrogen-bond donors (Lipinski definition) is 1. The lowest BCUT2D eigenvalue weighted by Gasteiger charge is -2.33. The first-order valence-electron chi connectivity index (χ1n) is 10.7. The number of benzene rings is 2. The summed E-state index contributed by atoms with van der Waals surface area (Å²) in [6, 6.07) is 16.3. The summed E-state index contributed by atoms with van der Waals surface area (Å²) in [7, 11) is 0. The first kappa shape index (κ1) is 20.7. The summed E-state index contributed by atoms with van der Waals surface area (Å²) in [5.74, 6) is 0.536. The predicted molar refractivity (Wildman–Crippen MR) is 119 cm³/mol. The molecule has 2 aliphatic rings. The maximum absolute atomic E-state index is 13.4. The monoisotopic (exact) mass is 430 g/mol. The number of carbonyl (C=O) groups excluding carboxylic acids is 1. The van der Waals surface area contributed by atoms with Crippen LogP contribution in [0.1, 0.15) is 55.7 Å². The van der Waals surface area contributed by atoms with Crippen LogP contribution in [0, 0.1) is 5.92 Å². The number of amides is 1. The van der Waals surface area contributed by atoms with E-state index >= 15 is 0 Å². The zero-order chi connectivity index (χ0) is 20.2. The summed E-state index contributed by atoms with van der Waals surface area (Å²) in [5, 5.41) is 4.97. The molecule has 1 heterocycles. The normalized spacial score (nSPS) is 22.8. The van der Waals surface area contributed by atoms with Crippen molar-refractivity contribution in [1.82, 2.24) is 10.2 Å². The fourth-order valence-corrected chi connectivity index (χ4v) is 5.43. The lowest BCUT2D eigenvalue weighted by Crippen LogP contribution is -2.41. The maximum atomic E-state index is 13.4. The van der Waals surface area contributed by atoms with Gasteiger partial charge in [0.1, 0.15) is 0 Å². The minimum Gasteiger partial charge on any atom is -0.334 e. The number of rotatable bonds is 5. The van der Waals surface area contributed by atoms with E-state index in [1.54, 1.807) is 6.07 Å². The molecule has 5 heteroatoms. The zero-order valence-electron chi connectivity index (χ0n) is 16.6. The zero-order valence-corrected chi connectivity index (χ0v) is 18.1. The Morgan fingerprint density at radius 2 is 1.66 bits per heavy atom. The van der Waals surface area contributed by atoms with Gasteiger partial charge in [0.25, 0.3) is 0 Å². The molecule has 2 aromatic rings. The fraction of sp³-hybridized carbons (Fsp3) is 0.458. The maximum Gasteiger partial charge on any atom is 0.226 e. The van der Waals surface area contributed by atoms with Crippen LogP contribution in [-0.4, -0.2) is 23.4 Å². The van der Waals surface area contributed by atoms with Crippen molar-refractivity contribution in [2.24, 2.45) is 5.92 Å². The summed E-state index contributed by atoms with van der Waals surface area (Å²) in [4.78, 5) is 15.5. The number of carbonyl (C=O) groups is 1. The minimum atomic E-state index is 0.0697. The number of likely N-dealkylation sites (tertiary alicyclic amines) is 1. The van der Waals surface area contributed by atoms with Gasteiger partial charge in [-0.15, -0.1) is 0 Å². The van der Waals surface area contributed by atoms with E-state index in [-0.39, 0.29) is 18.0 Å². The summed E-state index contributed by atoms with van der Waals surface area (Å²) in [5.41, 5.74) is 2.27. The Hall–Kier alpha value is -1.55. The van der Waals surface area contributed by atoms with Gasteiger partial charge in [0.15, 0.2) is 0 Å². The lowest BCUT2D eigenvalue weighted by molar-refractivity contribution is -0.137. The summed E-state index contributed by atoms with van der Waals surface area (Å²) >= 11 is 12.3. The largest absolute Gasteiger partial charge is 0.334 e. The highest BCUT2D eigenvalue weighted by Crippen LogP contribution is 2.36. The van der Waals surface area contributed by atoms with E-state index in [0.717, 1.165) is 31.4 Å². The van der Waals surface area contributed by atoms with Crippen LogP contribution in [0.4, 0.5) is 0 Å². The third kappa shape index (κ3) is 4.96. The van der Waals surface area contributed by atoms with Crippen LogP contribution in [0.15, 0.2) is 48.5 Å². The predicted octanol–water partition coefficient (Wildman–Crippen LogP) is 6.01. The SMILES string of the molecule is O=C(C1CCCCC1)N1CCC(NCc2cc(Cl)cc(Cl)c2)C1c1ccccc1. The molecule has 154 valence electrons. The molecule has 0 radical (unpaired) electrons. The Labute approximate surface area is 183 Å². The van der Waals surface area contributed by atoms with Gasteiger partial charge in [-0.05, 0) is 48.6 Å². The molecule has 1 aliphatic carbocycles. The van der Waals surface area contributed by atoms with Gasteiger partial charge in [-0.1, -0.05) is 72.8 Å². The fourth-order valence-electron chi connectivity index (χ4n) is 4.86. The van der Waals surface area contributed by atoms with Gasteiger partial charge in [-0.25, -0.2) is 0 Å². The molecule has 1 saturated heterocycles. The lowest BCUT2D eigenvalue weighted by atomic mass is 9.87. The van der Waals surface area contributed by atoms with Gasteiger partial charge in [0.05, 0.1) is 6.04 Å². The highest BCUT2D eigenvalue weighted by molar-refractivity contribution is 6.34. The van der Waals surface area contributed by atoms with Gasteiger partial charge >= 0.3 is 0 Å². The van der Waals surface area contributed by atoms with Crippen LogP contribution in [0.5, 0.6) is 0 Å². The average molecular weight is 431 g/mol. The first-order chi connectivity index (χ1) is 14.1. The van der Waals surface area contributed by atoms with Crippen molar-refractivity contribution in [3.05, 3.63) is 69.7 Å². The van der Waals surface area contributed by atoms with Gasteiger partial charge in [0, 0.05) is 35.1 Å². The molecular formula is C24H28Cl2N2O. The molecule has 2 fully saturated rings. The standard InChI is InChI=1S/C24H28Cl2N2O/c25-20-13-17(14-21(26)15-20)16-27-22-11-12-28(23(22)18-7-3-1-4-8-18)24(29)19-9-5-2-6-10-19/h1,3-4,7-8,13-15,19,22-23,27H,2,5-6,9-12,16H2. The Kier molecular flexibility index (Phi) is 6.79. The summed E-state index contributed by atoms with van der Waals surface area (Å²) < 4.78 is 0. The van der Waals surface area contributed by atoms with Crippen molar-refractivity contribution in [3.8, 4) is 0 Å². The average Bonchev–Trinajstić information content (AvgIpc) is 3.16. The van der Waals surface area contributed by atoms with Gasteiger partial charge in [-0.3, -0.25) is 4.79 Å². The molecule has 1 aliphatic heterocycles. The van der Waals surface area contributed by atoms with E-state index in [4.69, 9.17) is 23.2 Å². The molecule has 1 saturated carbocycles. The van der Waals surface area contributed by atoms with Crippen LogP contribution < -0.4 is 5.32 Å². The topological polar surface area (TPSA) is 32.3 Å². The molecule has 2 unspecified atom stereocenters. The van der Waals surface area contributed by atoms with E-state index < -0.39 is 0 Å². The molecule has 1 amide bonds. The van der Waals surface area contributed by atoms with Crippen LogP contribution in [0.25, 0.3) is 0 Å². The molecule has 0 spiro atoms. The Morgan fingerprint density at radius 3 is 2.34 bits per heavy atom. The second-order valence-electron chi connectivity index (χ2n) is 8.28. The third-order valence-electron chi connectivity index (χ3n) is 6.27. The van der Waals surface area contributed by atoms with Crippen LogP contribution in [0.3, 0.4) is 0 Å². The molecule has 4 rings (SSSR count). The molecule has 2 atom stereocenters. The highest BCUT2D eigenvalue weighted by Gasteiger charge is 2.40. The van der Waals surface area contributed by atoms with Crippen LogP contribution >= 0.6 is 23.2 Å². The number of halogens is 2. The molecule has 3 nitrogen and oxygen atoms in total. The van der Waals surface area contributed by atoms with E-state index in [1.165, 1.54) is 24.8 Å². The number of hydrogen-bond acceptors (Lipinski definition) is 2. The minimum absolute atomic E-state index is 0.0697. The van der Waals surface area contributed by atoms with Crippen molar-refractivity contribution < 1.29 is 4.79 Å². The summed E-state index contributed by atoms with van der Waals surface area (Å²) in [6.45, 7) is 1.49. The van der Waals surface area contributed by atoms with Crippen molar-refractivity contribution in [3.63, 3.8) is 0 Å². The van der Waals surface area contributed by atoms with Crippen molar-refractivity contribution in [1.29, 1.82) is 0 Å². The molecule has 2 aromatic carbocycles. The van der Waals surface area contributed by atoms with Crippen molar-refractivity contribution in [2.45, 2.75) is 57.2 Å². The second-order valence-corrected chi connectivity index (χ2v) is 9.15. The quantitative estimate of drug-likeness (QED) is 0.629. The van der Waals surface area contributed by atoms with E-state index in [9.17, 15) is 4.79 Å². The van der Waals surface area contributed by atoms with E-state index in [0.29, 0.717) is 22.5 Å². The third-order valence-corrected chi connectivity index (χ3v) is 6.70. The van der Waals surface area contributed by atoms with Crippen LogP contribution in [0.2, 0.25) is 10.0 Å². The number of nitrogens with zero attached hydrogens (tertiary/aromatic N) is 1. The van der Waals surface area contributed by atoms with E-state index in [2.05, 4.69) is 34.5 Å². The van der Waals surface area contributed by atoms with Crippen molar-refractivity contribution >= 4 is 29.1 Å². The highest BCUT2D eigenvalue weighted by atomic mass is 35.5.